The minimum atomic E-state index is -0.0696. The fourth-order valence-electron chi connectivity index (χ4n) is 8.01. The summed E-state index contributed by atoms with van der Waals surface area (Å²) in [6.07, 6.45) is 10.5. The molecule has 2 heterocycles. The maximum atomic E-state index is 13.2. The van der Waals surface area contributed by atoms with Gasteiger partial charge in [-0.15, -0.1) is 0 Å². The number of likely N-dealkylation sites (tertiary alicyclic amines) is 1. The van der Waals surface area contributed by atoms with E-state index in [9.17, 15) is 4.79 Å². The average molecular weight is 457 g/mol. The van der Waals surface area contributed by atoms with Crippen LogP contribution >= 0.6 is 0 Å². The van der Waals surface area contributed by atoms with Crippen LogP contribution in [0.1, 0.15) is 68.7 Å². The zero-order valence-corrected chi connectivity index (χ0v) is 19.9. The summed E-state index contributed by atoms with van der Waals surface area (Å²) in [5.74, 6) is 3.06. The fraction of sp³-hybridized carbons (Fsp3) is 0.517. The molecule has 2 unspecified atom stereocenters. The molecule has 5 fully saturated rings. The lowest BCUT2D eigenvalue weighted by Gasteiger charge is -2.36. The predicted octanol–water partition coefficient (Wildman–Crippen LogP) is 6.06. The number of benzene rings is 2. The van der Waals surface area contributed by atoms with E-state index in [4.69, 9.17) is 4.98 Å². The van der Waals surface area contributed by atoms with Gasteiger partial charge < -0.3 is 4.57 Å². The molecule has 4 bridgehead atoms. The van der Waals surface area contributed by atoms with Crippen LogP contribution in [0.2, 0.25) is 0 Å². The molecule has 8 rings (SSSR count). The summed E-state index contributed by atoms with van der Waals surface area (Å²) < 4.78 is 2.49. The van der Waals surface area contributed by atoms with Crippen molar-refractivity contribution >= 4 is 22.9 Å². The third-order valence-corrected chi connectivity index (χ3v) is 9.23. The third-order valence-electron chi connectivity index (χ3n) is 9.23. The summed E-state index contributed by atoms with van der Waals surface area (Å²) in [5.41, 5.74) is 4.38. The Bertz CT molecular complexity index is 1220. The van der Waals surface area contributed by atoms with Crippen molar-refractivity contribution in [3.05, 3.63) is 59.7 Å². The topological polar surface area (TPSA) is 50.2 Å². The molecule has 4 saturated carbocycles. The van der Waals surface area contributed by atoms with Gasteiger partial charge in [0, 0.05) is 13.5 Å². The van der Waals surface area contributed by atoms with Gasteiger partial charge in [-0.25, -0.2) is 4.98 Å². The summed E-state index contributed by atoms with van der Waals surface area (Å²) in [6.45, 7) is 3.41. The molecule has 0 spiro atoms. The van der Waals surface area contributed by atoms with Gasteiger partial charge in [0.1, 0.15) is 0 Å². The maximum absolute atomic E-state index is 13.2. The van der Waals surface area contributed by atoms with Gasteiger partial charge in [-0.2, -0.15) is 0 Å². The highest BCUT2D eigenvalue weighted by Gasteiger charge is 2.59. The van der Waals surface area contributed by atoms with Crippen molar-refractivity contribution in [1.29, 1.82) is 0 Å². The first-order valence-electron chi connectivity index (χ1n) is 13.3. The minimum Gasteiger partial charge on any atom is -0.303 e. The van der Waals surface area contributed by atoms with Crippen molar-refractivity contribution in [1.82, 2.24) is 14.5 Å². The van der Waals surface area contributed by atoms with E-state index in [2.05, 4.69) is 33.0 Å². The van der Waals surface area contributed by atoms with Crippen molar-refractivity contribution in [2.24, 2.45) is 17.8 Å². The summed E-state index contributed by atoms with van der Waals surface area (Å²) in [6, 6.07) is 16.3. The first-order valence-corrected chi connectivity index (χ1v) is 13.3. The quantitative estimate of drug-likeness (QED) is 0.508. The number of nitrogens with one attached hydrogen (secondary N) is 1. The van der Waals surface area contributed by atoms with Crippen molar-refractivity contribution in [2.45, 2.75) is 63.5 Å². The highest BCUT2D eigenvalue weighted by atomic mass is 16.1. The van der Waals surface area contributed by atoms with Crippen LogP contribution in [0.25, 0.3) is 11.0 Å². The first-order chi connectivity index (χ1) is 16.7. The molecule has 5 heteroatoms. The SMILES string of the molecule is O=C(Nc1nc2ccc(CN3CCCCC3)cc2n1C12CC3CC(CC1C3)C2)c1ccccc1.[HH]. The van der Waals surface area contributed by atoms with Crippen LogP contribution in [-0.4, -0.2) is 33.4 Å². The van der Waals surface area contributed by atoms with Gasteiger partial charge in [-0.3, -0.25) is 15.0 Å². The molecule has 0 radical (unpaired) electrons. The van der Waals surface area contributed by atoms with E-state index in [-0.39, 0.29) is 12.9 Å². The molecule has 2 aromatic carbocycles. The Morgan fingerprint density at radius 1 is 1.00 bits per heavy atom. The maximum Gasteiger partial charge on any atom is 0.257 e. The number of rotatable bonds is 5. The van der Waals surface area contributed by atoms with Crippen LogP contribution in [-0.2, 0) is 12.1 Å². The Morgan fingerprint density at radius 3 is 2.53 bits per heavy atom. The van der Waals surface area contributed by atoms with E-state index in [1.54, 1.807) is 0 Å². The van der Waals surface area contributed by atoms with E-state index in [1.165, 1.54) is 75.5 Å². The molecule has 2 atom stereocenters. The van der Waals surface area contributed by atoms with Crippen molar-refractivity contribution in [3.63, 3.8) is 0 Å². The summed E-state index contributed by atoms with van der Waals surface area (Å²) in [4.78, 5) is 20.8. The third kappa shape index (κ3) is 3.31. The predicted molar refractivity (Wildman–Crippen MR) is 137 cm³/mol. The lowest BCUT2D eigenvalue weighted by atomic mass is 9.80. The second-order valence-electron chi connectivity index (χ2n) is 11.4. The van der Waals surface area contributed by atoms with Gasteiger partial charge >= 0.3 is 0 Å². The average Bonchev–Trinajstić information content (AvgIpc) is 3.42. The molecule has 1 amide bonds. The van der Waals surface area contributed by atoms with Gasteiger partial charge in [-0.05, 0) is 106 Å². The number of hydrogen-bond acceptors (Lipinski definition) is 3. The number of carbonyl (C=O) groups is 1. The van der Waals surface area contributed by atoms with Crippen LogP contribution in [0, 0.1) is 17.8 Å². The number of imidazole rings is 1. The molecule has 3 aromatic rings. The highest BCUT2D eigenvalue weighted by molar-refractivity contribution is 6.04. The normalized spacial score (nSPS) is 30.3. The Kier molecular flexibility index (Phi) is 4.83. The van der Waals surface area contributed by atoms with Crippen LogP contribution in [0.3, 0.4) is 0 Å². The summed E-state index contributed by atoms with van der Waals surface area (Å²) in [5, 5.41) is 3.23. The molecule has 1 aromatic heterocycles. The Labute approximate surface area is 203 Å². The Balaban J connectivity index is 0.00000229. The zero-order valence-electron chi connectivity index (χ0n) is 19.9. The number of amides is 1. The Hall–Kier alpha value is -2.66. The van der Waals surface area contributed by atoms with E-state index in [0.29, 0.717) is 11.5 Å². The number of nitrogens with zero attached hydrogens (tertiary/aromatic N) is 3. The molecule has 1 aliphatic heterocycles. The number of fused-ring (bicyclic) bond motifs is 1. The molecule has 34 heavy (non-hydrogen) atoms. The largest absolute Gasteiger partial charge is 0.303 e. The van der Waals surface area contributed by atoms with Crippen LogP contribution in [0.4, 0.5) is 5.95 Å². The monoisotopic (exact) mass is 456 g/mol. The van der Waals surface area contributed by atoms with Gasteiger partial charge in [-0.1, -0.05) is 30.7 Å². The van der Waals surface area contributed by atoms with E-state index in [1.807, 2.05) is 30.3 Å². The molecule has 1 saturated heterocycles. The van der Waals surface area contributed by atoms with E-state index >= 15 is 0 Å². The Morgan fingerprint density at radius 2 is 1.76 bits per heavy atom. The van der Waals surface area contributed by atoms with Crippen LogP contribution in [0.15, 0.2) is 48.5 Å². The molecule has 1 N–H and O–H groups in total. The van der Waals surface area contributed by atoms with Gasteiger partial charge in [0.05, 0.1) is 16.6 Å². The number of hydrogen-bond donors (Lipinski definition) is 1. The molecule has 5 nitrogen and oxygen atoms in total. The van der Waals surface area contributed by atoms with Gasteiger partial charge in [0.2, 0.25) is 5.95 Å². The second-order valence-corrected chi connectivity index (χ2v) is 11.4. The number of carbonyl (C=O) groups excluding carboxylic acids is 1. The standard InChI is InChI=1S/C29H34N4O.H2/c34-27(23-7-3-1-4-8-23)31-28-30-25-10-9-20(19-32-11-5-2-6-12-32)16-26(25)33(28)29-17-21-13-22(18-29)15-24(29)14-21;/h1,3-4,7-10,16,21-22,24H,2,5-6,11-15,17-19H2,(H,30,31,34);1H. The van der Waals surface area contributed by atoms with Crippen molar-refractivity contribution < 1.29 is 6.22 Å². The number of piperidine rings is 1. The molecular weight excluding hydrogens is 420 g/mol. The van der Waals surface area contributed by atoms with E-state index < -0.39 is 0 Å². The minimum absolute atomic E-state index is 0. The second kappa shape index (κ2) is 7.94. The molecular formula is C29H36N4O. The molecule has 4 aliphatic carbocycles. The van der Waals surface area contributed by atoms with Crippen LogP contribution < -0.4 is 5.32 Å². The smallest absolute Gasteiger partial charge is 0.257 e. The first kappa shape index (κ1) is 20.7. The van der Waals surface area contributed by atoms with Gasteiger partial charge in [0.25, 0.3) is 5.91 Å². The zero-order chi connectivity index (χ0) is 22.7. The highest BCUT2D eigenvalue weighted by Crippen LogP contribution is 2.65. The van der Waals surface area contributed by atoms with Crippen molar-refractivity contribution in [2.75, 3.05) is 18.4 Å². The lowest BCUT2D eigenvalue weighted by Crippen LogP contribution is -2.36. The van der Waals surface area contributed by atoms with E-state index in [0.717, 1.165) is 29.8 Å². The van der Waals surface area contributed by atoms with Crippen molar-refractivity contribution in [3.8, 4) is 0 Å². The molecule has 5 aliphatic rings. The number of anilines is 1. The fourth-order valence-corrected chi connectivity index (χ4v) is 8.01. The summed E-state index contributed by atoms with van der Waals surface area (Å²) >= 11 is 0. The molecule has 178 valence electrons. The lowest BCUT2D eigenvalue weighted by molar-refractivity contribution is 0.102. The summed E-state index contributed by atoms with van der Waals surface area (Å²) in [7, 11) is 0. The van der Waals surface area contributed by atoms with Gasteiger partial charge in [0.15, 0.2) is 0 Å². The number of aromatic nitrogens is 2. The van der Waals surface area contributed by atoms with Crippen LogP contribution in [0.5, 0.6) is 0 Å².